The minimum atomic E-state index is -5.14. The number of carbonyl (C=O) groups is 3. The average Bonchev–Trinajstić information content (AvgIpc) is 3.23. The van der Waals surface area contributed by atoms with Crippen LogP contribution in [0.15, 0.2) is 30.6 Å². The number of likely N-dealkylation sites (tertiary alicyclic amines) is 1. The summed E-state index contributed by atoms with van der Waals surface area (Å²) in [4.78, 5) is 42.9. The van der Waals surface area contributed by atoms with Gasteiger partial charge in [-0.2, -0.15) is 13.2 Å². The van der Waals surface area contributed by atoms with Crippen molar-refractivity contribution in [1.29, 1.82) is 0 Å². The van der Waals surface area contributed by atoms with E-state index < -0.39 is 47.2 Å². The lowest BCUT2D eigenvalue weighted by atomic mass is 9.85. The minimum absolute atomic E-state index is 0.0703. The molecule has 2 N–H and O–H groups in total. The summed E-state index contributed by atoms with van der Waals surface area (Å²) >= 11 is 0. The molecule has 2 aromatic rings. The van der Waals surface area contributed by atoms with Crippen LogP contribution in [0, 0.1) is 11.2 Å². The molecule has 184 valence electrons. The molecule has 1 aromatic carbocycles. The Kier molecular flexibility index (Phi) is 7.13. The number of hydrogen-bond acceptors (Lipinski definition) is 4. The number of nitrogens with zero attached hydrogens (tertiary/aromatic N) is 2. The lowest BCUT2D eigenvalue weighted by molar-refractivity contribution is -0.176. The maximum absolute atomic E-state index is 13.5. The number of carbonyl (C=O) groups excluding carboxylic acids is 3. The molecular weight excluding hydrogens is 456 g/mol. The molecule has 2 atom stereocenters. The third-order valence-corrected chi connectivity index (χ3v) is 5.74. The number of hydrogen-bond donors (Lipinski definition) is 2. The zero-order chi connectivity index (χ0) is 25.3. The van der Waals surface area contributed by atoms with Crippen LogP contribution >= 0.6 is 0 Å². The summed E-state index contributed by atoms with van der Waals surface area (Å²) in [5, 5.41) is 5.81. The van der Waals surface area contributed by atoms with E-state index in [2.05, 4.69) is 10.3 Å². The highest BCUT2D eigenvalue weighted by atomic mass is 19.4. The first-order valence-electron chi connectivity index (χ1n) is 10.8. The second-order valence-electron chi connectivity index (χ2n) is 9.34. The molecule has 11 heteroatoms. The zero-order valence-corrected chi connectivity index (χ0v) is 19.0. The molecule has 1 aromatic heterocycles. The molecule has 0 spiro atoms. The molecule has 0 bridgehead atoms. The van der Waals surface area contributed by atoms with Crippen LogP contribution in [0.4, 0.5) is 17.6 Å². The van der Waals surface area contributed by atoms with E-state index in [1.54, 1.807) is 17.6 Å². The lowest BCUT2D eigenvalue weighted by Gasteiger charge is -2.35. The van der Waals surface area contributed by atoms with Crippen LogP contribution in [0.2, 0.25) is 0 Å². The number of rotatable bonds is 5. The molecule has 7 nitrogen and oxygen atoms in total. The Bertz CT molecular complexity index is 1100. The van der Waals surface area contributed by atoms with E-state index in [0.717, 1.165) is 0 Å². The molecule has 0 saturated carbocycles. The monoisotopic (exact) mass is 482 g/mol. The minimum Gasteiger partial charge on any atom is -0.350 e. The van der Waals surface area contributed by atoms with E-state index in [0.29, 0.717) is 29.2 Å². The van der Waals surface area contributed by atoms with E-state index in [9.17, 15) is 31.9 Å². The fourth-order valence-corrected chi connectivity index (χ4v) is 3.98. The van der Waals surface area contributed by atoms with Crippen LogP contribution in [0.1, 0.15) is 39.2 Å². The van der Waals surface area contributed by atoms with Gasteiger partial charge in [0.15, 0.2) is 0 Å². The topological polar surface area (TPSA) is 91.4 Å². The van der Waals surface area contributed by atoms with Gasteiger partial charge in [0, 0.05) is 30.9 Å². The number of amides is 3. The Hall–Kier alpha value is -3.24. The predicted molar refractivity (Wildman–Crippen MR) is 116 cm³/mol. The molecular formula is C23H26F4N4O3. The Balaban J connectivity index is 1.74. The van der Waals surface area contributed by atoms with E-state index >= 15 is 0 Å². The van der Waals surface area contributed by atoms with Gasteiger partial charge < -0.3 is 15.5 Å². The average molecular weight is 482 g/mol. The Morgan fingerprint density at radius 1 is 1.18 bits per heavy atom. The van der Waals surface area contributed by atoms with E-state index in [1.165, 1.54) is 44.0 Å². The van der Waals surface area contributed by atoms with Gasteiger partial charge in [-0.1, -0.05) is 26.8 Å². The smallest absolute Gasteiger partial charge is 0.350 e. The first kappa shape index (κ1) is 25.4. The van der Waals surface area contributed by atoms with Crippen molar-refractivity contribution in [2.45, 2.75) is 58.4 Å². The maximum atomic E-state index is 13.5. The fraction of sp³-hybridized carbons (Fsp3) is 0.478. The number of halogens is 4. The quantitative estimate of drug-likeness (QED) is 0.641. The van der Waals surface area contributed by atoms with Gasteiger partial charge in [-0.25, -0.2) is 4.39 Å². The number of nitrogens with one attached hydrogen (secondary N) is 2. The Morgan fingerprint density at radius 3 is 2.53 bits per heavy atom. The van der Waals surface area contributed by atoms with Gasteiger partial charge in [0.1, 0.15) is 17.9 Å². The molecule has 1 saturated heterocycles. The van der Waals surface area contributed by atoms with Crippen LogP contribution in [0.3, 0.4) is 0 Å². The molecule has 1 aliphatic rings. The summed E-state index contributed by atoms with van der Waals surface area (Å²) in [6.45, 7) is 4.86. The summed E-state index contributed by atoms with van der Waals surface area (Å²) in [5.74, 6) is -3.84. The van der Waals surface area contributed by atoms with Gasteiger partial charge in [0.2, 0.25) is 11.8 Å². The van der Waals surface area contributed by atoms with Gasteiger partial charge in [0.25, 0.3) is 0 Å². The number of benzene rings is 1. The molecule has 3 rings (SSSR count). The molecule has 1 aliphatic heterocycles. The molecule has 3 amide bonds. The summed E-state index contributed by atoms with van der Waals surface area (Å²) in [7, 11) is 0. The van der Waals surface area contributed by atoms with Crippen LogP contribution in [-0.2, 0) is 20.9 Å². The van der Waals surface area contributed by atoms with Crippen molar-refractivity contribution in [1.82, 2.24) is 20.5 Å². The van der Waals surface area contributed by atoms with Gasteiger partial charge in [-0.05, 0) is 41.3 Å². The summed E-state index contributed by atoms with van der Waals surface area (Å²) < 4.78 is 51.9. The highest BCUT2D eigenvalue weighted by Gasteiger charge is 2.46. The highest BCUT2D eigenvalue weighted by molar-refractivity contribution is 5.94. The third kappa shape index (κ3) is 5.63. The van der Waals surface area contributed by atoms with E-state index in [4.69, 9.17) is 0 Å². The van der Waals surface area contributed by atoms with Crippen LogP contribution in [0.5, 0.6) is 0 Å². The van der Waals surface area contributed by atoms with Gasteiger partial charge in [0.05, 0.1) is 0 Å². The van der Waals surface area contributed by atoms with E-state index in [1.807, 2.05) is 0 Å². The molecule has 1 unspecified atom stereocenters. The largest absolute Gasteiger partial charge is 0.471 e. The lowest BCUT2D eigenvalue weighted by Crippen LogP contribution is -2.59. The fourth-order valence-electron chi connectivity index (χ4n) is 3.98. The zero-order valence-electron chi connectivity index (χ0n) is 19.0. The van der Waals surface area contributed by atoms with Gasteiger partial charge in [-0.3, -0.25) is 19.4 Å². The Labute approximate surface area is 193 Å². The summed E-state index contributed by atoms with van der Waals surface area (Å²) in [5.41, 5.74) is -0.377. The number of fused-ring (bicyclic) bond motifs is 1. The normalized spacial score (nSPS) is 17.5. The van der Waals surface area contributed by atoms with Crippen LogP contribution in [-0.4, -0.2) is 52.4 Å². The van der Waals surface area contributed by atoms with Crippen molar-refractivity contribution >= 4 is 28.5 Å². The van der Waals surface area contributed by atoms with E-state index in [-0.39, 0.29) is 13.1 Å². The van der Waals surface area contributed by atoms with Crippen molar-refractivity contribution in [3.05, 3.63) is 42.0 Å². The maximum Gasteiger partial charge on any atom is 0.471 e. The van der Waals surface area contributed by atoms with Gasteiger partial charge in [-0.15, -0.1) is 0 Å². The number of pyridine rings is 1. The SMILES string of the molecule is CC(C)(C)[C@H](NC(=O)C(F)(F)F)C(=O)N1CCCC1C(=O)NCc1cncc2cc(F)ccc12. The van der Waals surface area contributed by atoms with Gasteiger partial charge >= 0.3 is 12.1 Å². The second-order valence-corrected chi connectivity index (χ2v) is 9.34. The van der Waals surface area contributed by atoms with Crippen molar-refractivity contribution < 1.29 is 31.9 Å². The molecule has 0 aliphatic carbocycles. The predicted octanol–water partition coefficient (Wildman–Crippen LogP) is 3.07. The second kappa shape index (κ2) is 9.55. The van der Waals surface area contributed by atoms with Crippen molar-refractivity contribution in [2.24, 2.45) is 5.41 Å². The third-order valence-electron chi connectivity index (χ3n) is 5.74. The summed E-state index contributed by atoms with van der Waals surface area (Å²) in [6, 6.07) is 1.85. The summed E-state index contributed by atoms with van der Waals surface area (Å²) in [6.07, 6.45) is -1.27. The molecule has 0 radical (unpaired) electrons. The van der Waals surface area contributed by atoms with Crippen LogP contribution < -0.4 is 10.6 Å². The molecule has 2 heterocycles. The van der Waals surface area contributed by atoms with Crippen molar-refractivity contribution in [2.75, 3.05) is 6.54 Å². The first-order valence-corrected chi connectivity index (χ1v) is 10.8. The molecule has 34 heavy (non-hydrogen) atoms. The molecule has 1 fully saturated rings. The first-order chi connectivity index (χ1) is 15.8. The van der Waals surface area contributed by atoms with Crippen molar-refractivity contribution in [3.8, 4) is 0 Å². The Morgan fingerprint density at radius 2 is 1.88 bits per heavy atom. The standard InChI is InChI=1S/C23H26F4N4O3/c1-22(2,3)18(30-21(34)23(25,26)27)20(33)31-8-4-5-17(31)19(32)29-12-14-11-28-10-13-9-15(24)6-7-16(13)14/h6-7,9-11,17-18H,4-5,8,12H2,1-3H3,(H,29,32)(H,30,34)/t17?,18-/m1/s1. The number of aromatic nitrogens is 1. The number of alkyl halides is 3. The van der Waals surface area contributed by atoms with Crippen molar-refractivity contribution in [3.63, 3.8) is 0 Å². The highest BCUT2D eigenvalue weighted by Crippen LogP contribution is 2.27. The van der Waals surface area contributed by atoms with Crippen LogP contribution in [0.25, 0.3) is 10.8 Å².